The molecule has 0 heterocycles. The molecule has 0 saturated carbocycles. The normalized spacial score (nSPS) is 12.6. The summed E-state index contributed by atoms with van der Waals surface area (Å²) in [6, 6.07) is -0.130. The fourth-order valence-electron chi connectivity index (χ4n) is 0.677. The van der Waals surface area contributed by atoms with Gasteiger partial charge in [0.05, 0.1) is 6.04 Å². The quantitative estimate of drug-likeness (QED) is 0.633. The SMILES string of the molecule is CN[C@H](C)C(=O)CCC(C)=O. The molecule has 0 bridgehead atoms. The maximum absolute atomic E-state index is 11.1. The molecule has 3 nitrogen and oxygen atoms in total. The van der Waals surface area contributed by atoms with Gasteiger partial charge in [0.15, 0.2) is 0 Å². The third kappa shape index (κ3) is 4.67. The molecule has 0 spiro atoms. The Balaban J connectivity index is 3.60. The first kappa shape index (κ1) is 10.3. The molecule has 0 amide bonds. The maximum Gasteiger partial charge on any atom is 0.149 e. The number of carbonyl (C=O) groups excluding carboxylic acids is 2. The van der Waals surface area contributed by atoms with E-state index >= 15 is 0 Å². The topological polar surface area (TPSA) is 46.2 Å². The number of hydrogen-bond donors (Lipinski definition) is 1. The van der Waals surface area contributed by atoms with Crippen molar-refractivity contribution in [3.8, 4) is 0 Å². The molecule has 0 fully saturated rings. The van der Waals surface area contributed by atoms with Gasteiger partial charge in [-0.25, -0.2) is 0 Å². The van der Waals surface area contributed by atoms with Gasteiger partial charge in [-0.3, -0.25) is 4.79 Å². The van der Waals surface area contributed by atoms with Crippen molar-refractivity contribution < 1.29 is 9.59 Å². The highest BCUT2D eigenvalue weighted by Crippen LogP contribution is 1.95. The molecule has 0 aliphatic carbocycles. The van der Waals surface area contributed by atoms with Crippen LogP contribution in [0.2, 0.25) is 0 Å². The van der Waals surface area contributed by atoms with Crippen LogP contribution >= 0.6 is 0 Å². The Bertz CT molecular complexity index is 154. The Morgan fingerprint density at radius 1 is 1.36 bits per heavy atom. The zero-order valence-electron chi connectivity index (χ0n) is 7.31. The molecule has 1 N–H and O–H groups in total. The lowest BCUT2D eigenvalue weighted by Gasteiger charge is -2.06. The molecule has 0 aromatic rings. The average molecular weight is 157 g/mol. The van der Waals surface area contributed by atoms with Gasteiger partial charge in [-0.2, -0.15) is 0 Å². The van der Waals surface area contributed by atoms with Gasteiger partial charge in [0.25, 0.3) is 0 Å². The summed E-state index contributed by atoms with van der Waals surface area (Å²) in [6.45, 7) is 3.29. The minimum atomic E-state index is -0.130. The lowest BCUT2D eigenvalue weighted by molar-refractivity contribution is -0.124. The van der Waals surface area contributed by atoms with Crippen LogP contribution in [-0.4, -0.2) is 24.7 Å². The van der Waals surface area contributed by atoms with Crippen LogP contribution in [0.3, 0.4) is 0 Å². The molecule has 64 valence electrons. The van der Waals surface area contributed by atoms with Gasteiger partial charge in [-0.1, -0.05) is 0 Å². The molecular formula is C8H15NO2. The zero-order valence-corrected chi connectivity index (χ0v) is 7.31. The molecule has 11 heavy (non-hydrogen) atoms. The van der Waals surface area contributed by atoms with Gasteiger partial charge >= 0.3 is 0 Å². The van der Waals surface area contributed by atoms with E-state index in [1.165, 1.54) is 6.92 Å². The highest BCUT2D eigenvalue weighted by molar-refractivity contribution is 5.87. The Kier molecular flexibility index (Phi) is 4.70. The molecular weight excluding hydrogens is 142 g/mol. The third-order valence-electron chi connectivity index (χ3n) is 1.64. The van der Waals surface area contributed by atoms with Crippen LogP contribution in [0, 0.1) is 0 Å². The van der Waals surface area contributed by atoms with Crippen LogP contribution in [0.5, 0.6) is 0 Å². The molecule has 1 atom stereocenters. The predicted molar refractivity (Wildman–Crippen MR) is 43.4 cm³/mol. The van der Waals surface area contributed by atoms with Crippen molar-refractivity contribution in [1.29, 1.82) is 0 Å². The van der Waals surface area contributed by atoms with E-state index in [0.717, 1.165) is 0 Å². The first-order valence-electron chi connectivity index (χ1n) is 3.77. The second-order valence-electron chi connectivity index (χ2n) is 2.68. The summed E-state index contributed by atoms with van der Waals surface area (Å²) in [5.74, 6) is 0.171. The molecule has 0 aromatic carbocycles. The van der Waals surface area contributed by atoms with Crippen LogP contribution in [0.15, 0.2) is 0 Å². The van der Waals surface area contributed by atoms with Crippen LogP contribution in [0.25, 0.3) is 0 Å². The van der Waals surface area contributed by atoms with E-state index in [-0.39, 0.29) is 17.6 Å². The molecule has 0 radical (unpaired) electrons. The summed E-state index contributed by atoms with van der Waals surface area (Å²) in [5, 5.41) is 2.83. The van der Waals surface area contributed by atoms with E-state index in [1.807, 2.05) is 0 Å². The molecule has 0 saturated heterocycles. The van der Waals surface area contributed by atoms with Crippen molar-refractivity contribution in [3.05, 3.63) is 0 Å². The Morgan fingerprint density at radius 2 is 1.91 bits per heavy atom. The van der Waals surface area contributed by atoms with Crippen LogP contribution < -0.4 is 5.32 Å². The third-order valence-corrected chi connectivity index (χ3v) is 1.64. The zero-order chi connectivity index (χ0) is 8.85. The number of nitrogens with one attached hydrogen (secondary N) is 1. The Hall–Kier alpha value is -0.700. The minimum absolute atomic E-state index is 0.0710. The minimum Gasteiger partial charge on any atom is -0.311 e. The highest BCUT2D eigenvalue weighted by Gasteiger charge is 2.10. The van der Waals surface area contributed by atoms with Crippen LogP contribution in [0.1, 0.15) is 26.7 Å². The number of hydrogen-bond acceptors (Lipinski definition) is 3. The first-order chi connectivity index (χ1) is 5.07. The van der Waals surface area contributed by atoms with Crippen molar-refractivity contribution in [1.82, 2.24) is 5.32 Å². The number of carbonyl (C=O) groups is 2. The summed E-state index contributed by atoms with van der Waals surface area (Å²) in [6.07, 6.45) is 0.724. The largest absolute Gasteiger partial charge is 0.311 e. The van der Waals surface area contributed by atoms with Crippen LogP contribution in [0.4, 0.5) is 0 Å². The standard InChI is InChI=1S/C8H15NO2/c1-6(10)4-5-8(11)7(2)9-3/h7,9H,4-5H2,1-3H3/t7-/m1/s1. The number of Topliss-reactive ketones (excluding diaryl/α,β-unsaturated/α-hetero) is 2. The van der Waals surface area contributed by atoms with Gasteiger partial charge in [0.2, 0.25) is 0 Å². The van der Waals surface area contributed by atoms with Crippen molar-refractivity contribution in [3.63, 3.8) is 0 Å². The maximum atomic E-state index is 11.1. The van der Waals surface area contributed by atoms with Crippen molar-refractivity contribution >= 4 is 11.6 Å². The molecule has 0 unspecified atom stereocenters. The van der Waals surface area contributed by atoms with Gasteiger partial charge < -0.3 is 10.1 Å². The smallest absolute Gasteiger partial charge is 0.149 e. The second kappa shape index (κ2) is 5.02. The predicted octanol–water partition coefficient (Wildman–Crippen LogP) is 0.533. The molecule has 0 aromatic heterocycles. The summed E-state index contributed by atoms with van der Waals surface area (Å²) in [7, 11) is 1.73. The number of likely N-dealkylation sites (N-methyl/N-ethyl adjacent to an activating group) is 1. The average Bonchev–Trinajstić information content (AvgIpc) is 1.98. The molecule has 3 heteroatoms. The number of ketones is 2. The summed E-state index contributed by atoms with van der Waals surface area (Å²) in [4.78, 5) is 21.6. The Labute approximate surface area is 67.2 Å². The van der Waals surface area contributed by atoms with Gasteiger partial charge in [0.1, 0.15) is 11.6 Å². The van der Waals surface area contributed by atoms with E-state index in [2.05, 4.69) is 5.32 Å². The van der Waals surface area contributed by atoms with E-state index in [1.54, 1.807) is 14.0 Å². The van der Waals surface area contributed by atoms with Crippen molar-refractivity contribution in [2.45, 2.75) is 32.7 Å². The summed E-state index contributed by atoms with van der Waals surface area (Å²) < 4.78 is 0. The van der Waals surface area contributed by atoms with E-state index < -0.39 is 0 Å². The summed E-state index contributed by atoms with van der Waals surface area (Å²) in [5.41, 5.74) is 0. The van der Waals surface area contributed by atoms with E-state index in [9.17, 15) is 9.59 Å². The van der Waals surface area contributed by atoms with E-state index in [0.29, 0.717) is 12.8 Å². The monoisotopic (exact) mass is 157 g/mol. The molecule has 0 aliphatic rings. The van der Waals surface area contributed by atoms with Crippen LogP contribution in [-0.2, 0) is 9.59 Å². The second-order valence-corrected chi connectivity index (χ2v) is 2.68. The lowest BCUT2D eigenvalue weighted by atomic mass is 10.1. The van der Waals surface area contributed by atoms with Crippen molar-refractivity contribution in [2.24, 2.45) is 0 Å². The fraction of sp³-hybridized carbons (Fsp3) is 0.750. The van der Waals surface area contributed by atoms with Crippen molar-refractivity contribution in [2.75, 3.05) is 7.05 Å². The van der Waals surface area contributed by atoms with E-state index in [4.69, 9.17) is 0 Å². The Morgan fingerprint density at radius 3 is 2.27 bits per heavy atom. The first-order valence-corrected chi connectivity index (χ1v) is 3.77. The number of rotatable bonds is 5. The highest BCUT2D eigenvalue weighted by atomic mass is 16.1. The fourth-order valence-corrected chi connectivity index (χ4v) is 0.677. The molecule has 0 aliphatic heterocycles. The lowest BCUT2D eigenvalue weighted by Crippen LogP contribution is -2.30. The van der Waals surface area contributed by atoms with Gasteiger partial charge in [0, 0.05) is 12.8 Å². The molecule has 0 rings (SSSR count). The van der Waals surface area contributed by atoms with Gasteiger partial charge in [-0.05, 0) is 20.9 Å². The van der Waals surface area contributed by atoms with Gasteiger partial charge in [-0.15, -0.1) is 0 Å². The summed E-state index contributed by atoms with van der Waals surface area (Å²) >= 11 is 0.